The van der Waals surface area contributed by atoms with E-state index in [2.05, 4.69) is 17.6 Å². The quantitative estimate of drug-likeness (QED) is 0.631. The SMILES string of the molecule is COCCNCC(C)NCc1ccoc1. The standard InChI is InChI=1S/C11H20N2O2/c1-10(7-12-4-6-14-2)13-8-11-3-5-15-9-11/h3,5,9-10,12-13H,4,6-8H2,1-2H3. The maximum Gasteiger partial charge on any atom is 0.0947 e. The molecule has 0 aromatic carbocycles. The fourth-order valence-electron chi connectivity index (χ4n) is 1.25. The molecule has 4 heteroatoms. The third-order valence-corrected chi connectivity index (χ3v) is 2.17. The maximum absolute atomic E-state index is 4.99. The second-order valence-electron chi connectivity index (χ2n) is 3.61. The molecule has 0 saturated heterocycles. The summed E-state index contributed by atoms with van der Waals surface area (Å²) in [4.78, 5) is 0. The minimum atomic E-state index is 0.441. The number of nitrogens with one attached hydrogen (secondary N) is 2. The van der Waals surface area contributed by atoms with Gasteiger partial charge in [-0.15, -0.1) is 0 Å². The van der Waals surface area contributed by atoms with Crippen LogP contribution in [0.15, 0.2) is 23.0 Å². The smallest absolute Gasteiger partial charge is 0.0947 e. The summed E-state index contributed by atoms with van der Waals surface area (Å²) in [5, 5.41) is 6.70. The van der Waals surface area contributed by atoms with Gasteiger partial charge in [0.2, 0.25) is 0 Å². The minimum Gasteiger partial charge on any atom is -0.472 e. The largest absolute Gasteiger partial charge is 0.472 e. The van der Waals surface area contributed by atoms with E-state index >= 15 is 0 Å². The molecule has 0 saturated carbocycles. The Hall–Kier alpha value is -0.840. The lowest BCUT2D eigenvalue weighted by molar-refractivity contribution is 0.198. The fourth-order valence-corrected chi connectivity index (χ4v) is 1.25. The molecule has 1 aromatic rings. The lowest BCUT2D eigenvalue weighted by atomic mass is 10.3. The molecule has 15 heavy (non-hydrogen) atoms. The van der Waals surface area contributed by atoms with Gasteiger partial charge in [0, 0.05) is 38.3 Å². The van der Waals surface area contributed by atoms with Crippen molar-refractivity contribution in [2.24, 2.45) is 0 Å². The van der Waals surface area contributed by atoms with E-state index in [9.17, 15) is 0 Å². The van der Waals surface area contributed by atoms with Crippen molar-refractivity contribution in [2.45, 2.75) is 19.5 Å². The maximum atomic E-state index is 4.99. The van der Waals surface area contributed by atoms with E-state index in [4.69, 9.17) is 9.15 Å². The highest BCUT2D eigenvalue weighted by Crippen LogP contribution is 1.98. The Balaban J connectivity index is 2.01. The van der Waals surface area contributed by atoms with E-state index in [1.807, 2.05) is 6.07 Å². The lowest BCUT2D eigenvalue weighted by Crippen LogP contribution is -2.37. The van der Waals surface area contributed by atoms with Crippen LogP contribution in [-0.2, 0) is 11.3 Å². The average Bonchev–Trinajstić information content (AvgIpc) is 2.74. The third-order valence-electron chi connectivity index (χ3n) is 2.17. The van der Waals surface area contributed by atoms with Crippen LogP contribution in [0.1, 0.15) is 12.5 Å². The summed E-state index contributed by atoms with van der Waals surface area (Å²) in [6.07, 6.45) is 3.45. The summed E-state index contributed by atoms with van der Waals surface area (Å²) in [6.45, 7) is 5.60. The van der Waals surface area contributed by atoms with Crippen molar-refractivity contribution in [1.82, 2.24) is 10.6 Å². The summed E-state index contributed by atoms with van der Waals surface area (Å²) in [6, 6.07) is 2.41. The summed E-state index contributed by atoms with van der Waals surface area (Å²) < 4.78 is 9.93. The fraction of sp³-hybridized carbons (Fsp3) is 0.636. The van der Waals surface area contributed by atoms with Gasteiger partial charge in [-0.25, -0.2) is 0 Å². The van der Waals surface area contributed by atoms with Crippen LogP contribution in [-0.4, -0.2) is 32.8 Å². The first-order valence-corrected chi connectivity index (χ1v) is 5.27. The lowest BCUT2D eigenvalue weighted by Gasteiger charge is -2.13. The number of ether oxygens (including phenoxy) is 1. The molecule has 0 spiro atoms. The van der Waals surface area contributed by atoms with Crippen molar-refractivity contribution in [1.29, 1.82) is 0 Å². The van der Waals surface area contributed by atoms with E-state index in [0.29, 0.717) is 6.04 Å². The van der Waals surface area contributed by atoms with Gasteiger partial charge >= 0.3 is 0 Å². The zero-order valence-corrected chi connectivity index (χ0v) is 9.45. The molecule has 2 N–H and O–H groups in total. The van der Waals surface area contributed by atoms with Crippen LogP contribution in [0.5, 0.6) is 0 Å². The number of hydrogen-bond donors (Lipinski definition) is 2. The molecular weight excluding hydrogens is 192 g/mol. The zero-order chi connectivity index (χ0) is 10.9. The average molecular weight is 212 g/mol. The Morgan fingerprint density at radius 1 is 1.53 bits per heavy atom. The van der Waals surface area contributed by atoms with Gasteiger partial charge in [-0.3, -0.25) is 0 Å². The summed E-state index contributed by atoms with van der Waals surface area (Å²) >= 11 is 0. The van der Waals surface area contributed by atoms with Gasteiger partial charge in [0.25, 0.3) is 0 Å². The van der Waals surface area contributed by atoms with Crippen LogP contribution >= 0.6 is 0 Å². The second-order valence-corrected chi connectivity index (χ2v) is 3.61. The topological polar surface area (TPSA) is 46.4 Å². The van der Waals surface area contributed by atoms with Crippen LogP contribution in [0.2, 0.25) is 0 Å². The van der Waals surface area contributed by atoms with Gasteiger partial charge in [0.05, 0.1) is 19.1 Å². The van der Waals surface area contributed by atoms with Crippen LogP contribution in [0.4, 0.5) is 0 Å². The Morgan fingerprint density at radius 3 is 3.07 bits per heavy atom. The third kappa shape index (κ3) is 5.57. The molecule has 0 aliphatic rings. The molecule has 1 unspecified atom stereocenters. The Kier molecular flexibility index (Phi) is 6.08. The van der Waals surface area contributed by atoms with E-state index in [-0.39, 0.29) is 0 Å². The first-order chi connectivity index (χ1) is 7.33. The first-order valence-electron chi connectivity index (χ1n) is 5.27. The van der Waals surface area contributed by atoms with Gasteiger partial charge in [-0.05, 0) is 13.0 Å². The molecule has 1 heterocycles. The highest BCUT2D eigenvalue weighted by molar-refractivity contribution is 5.04. The number of hydrogen-bond acceptors (Lipinski definition) is 4. The van der Waals surface area contributed by atoms with Crippen molar-refractivity contribution in [3.05, 3.63) is 24.2 Å². The van der Waals surface area contributed by atoms with E-state index in [0.717, 1.165) is 26.2 Å². The molecule has 0 amide bonds. The molecular formula is C11H20N2O2. The second kappa shape index (κ2) is 7.45. The van der Waals surface area contributed by atoms with Crippen LogP contribution in [0.3, 0.4) is 0 Å². The van der Waals surface area contributed by atoms with Crippen molar-refractivity contribution < 1.29 is 9.15 Å². The zero-order valence-electron chi connectivity index (χ0n) is 9.45. The number of furan rings is 1. The predicted molar refractivity (Wildman–Crippen MR) is 59.8 cm³/mol. The molecule has 0 aliphatic carbocycles. The molecule has 1 aromatic heterocycles. The van der Waals surface area contributed by atoms with Crippen LogP contribution in [0.25, 0.3) is 0 Å². The van der Waals surface area contributed by atoms with Gasteiger partial charge < -0.3 is 19.8 Å². The molecule has 86 valence electrons. The van der Waals surface area contributed by atoms with Crippen molar-refractivity contribution >= 4 is 0 Å². The van der Waals surface area contributed by atoms with Gasteiger partial charge in [0.1, 0.15) is 0 Å². The van der Waals surface area contributed by atoms with Crippen molar-refractivity contribution in [3.8, 4) is 0 Å². The predicted octanol–water partition coefficient (Wildman–Crippen LogP) is 0.994. The van der Waals surface area contributed by atoms with Gasteiger partial charge in [0.15, 0.2) is 0 Å². The highest BCUT2D eigenvalue weighted by Gasteiger charge is 2.01. The molecule has 0 aliphatic heterocycles. The van der Waals surface area contributed by atoms with Crippen LogP contribution < -0.4 is 10.6 Å². The van der Waals surface area contributed by atoms with E-state index in [1.54, 1.807) is 19.6 Å². The van der Waals surface area contributed by atoms with E-state index < -0.39 is 0 Å². The first kappa shape index (κ1) is 12.2. The van der Waals surface area contributed by atoms with Gasteiger partial charge in [-0.1, -0.05) is 0 Å². The molecule has 1 atom stereocenters. The molecule has 0 fully saturated rings. The molecule has 1 rings (SSSR count). The van der Waals surface area contributed by atoms with Crippen molar-refractivity contribution in [2.75, 3.05) is 26.8 Å². The summed E-state index contributed by atoms with van der Waals surface area (Å²) in [5.41, 5.74) is 1.18. The Morgan fingerprint density at radius 2 is 2.40 bits per heavy atom. The van der Waals surface area contributed by atoms with E-state index in [1.165, 1.54) is 5.56 Å². The Bertz CT molecular complexity index is 237. The minimum absolute atomic E-state index is 0.441. The summed E-state index contributed by atoms with van der Waals surface area (Å²) in [7, 11) is 1.71. The van der Waals surface area contributed by atoms with Crippen LogP contribution in [0, 0.1) is 0 Å². The summed E-state index contributed by atoms with van der Waals surface area (Å²) in [5.74, 6) is 0. The van der Waals surface area contributed by atoms with Crippen molar-refractivity contribution in [3.63, 3.8) is 0 Å². The van der Waals surface area contributed by atoms with Gasteiger partial charge in [-0.2, -0.15) is 0 Å². The Labute approximate surface area is 91.0 Å². The normalized spacial score (nSPS) is 12.9. The number of methoxy groups -OCH3 is 1. The molecule has 0 radical (unpaired) electrons. The molecule has 0 bridgehead atoms. The molecule has 4 nitrogen and oxygen atoms in total. The number of rotatable bonds is 8. The monoisotopic (exact) mass is 212 g/mol. The highest BCUT2D eigenvalue weighted by atomic mass is 16.5.